The first-order valence-corrected chi connectivity index (χ1v) is 10.0. The Morgan fingerprint density at radius 1 is 1.03 bits per heavy atom. The fourth-order valence-corrected chi connectivity index (χ4v) is 3.84. The Bertz CT molecular complexity index is 1410. The molecule has 0 amide bonds. The lowest BCUT2D eigenvalue weighted by molar-refractivity contribution is 0.0731. The van der Waals surface area contributed by atoms with Gasteiger partial charge in [-0.2, -0.15) is 0 Å². The van der Waals surface area contributed by atoms with Crippen molar-refractivity contribution < 1.29 is 23.8 Å². The third-order valence-corrected chi connectivity index (χ3v) is 5.39. The van der Waals surface area contributed by atoms with Crippen LogP contribution in [0.5, 0.6) is 17.2 Å². The van der Waals surface area contributed by atoms with Gasteiger partial charge in [0, 0.05) is 35.8 Å². The van der Waals surface area contributed by atoms with Crippen LogP contribution in [0, 0.1) is 0 Å². The van der Waals surface area contributed by atoms with Gasteiger partial charge in [-0.3, -0.25) is 4.79 Å². The molecule has 0 N–H and O–H groups in total. The highest BCUT2D eigenvalue weighted by atomic mass is 16.5. The quantitative estimate of drug-likeness (QED) is 0.261. The number of carbonyl (C=O) groups is 2. The number of aromatic nitrogens is 1. The number of methoxy groups -OCH3 is 1. The van der Waals surface area contributed by atoms with Gasteiger partial charge in [0.05, 0.1) is 12.7 Å². The smallest absolute Gasteiger partial charge is 0.347 e. The zero-order valence-electron chi connectivity index (χ0n) is 17.5. The molecular weight excluding hydrogens is 406 g/mol. The topological polar surface area (TPSA) is 66.8 Å². The minimum absolute atomic E-state index is 0.212. The van der Waals surface area contributed by atoms with Crippen molar-refractivity contribution in [2.24, 2.45) is 7.05 Å². The number of esters is 1. The van der Waals surface area contributed by atoms with E-state index in [4.69, 9.17) is 14.2 Å². The van der Waals surface area contributed by atoms with Crippen molar-refractivity contribution in [3.63, 3.8) is 0 Å². The van der Waals surface area contributed by atoms with Gasteiger partial charge < -0.3 is 18.8 Å². The van der Waals surface area contributed by atoms with Gasteiger partial charge >= 0.3 is 5.97 Å². The van der Waals surface area contributed by atoms with Gasteiger partial charge in [-0.05, 0) is 36.4 Å². The summed E-state index contributed by atoms with van der Waals surface area (Å²) in [6, 6.07) is 19.5. The van der Waals surface area contributed by atoms with E-state index in [9.17, 15) is 9.59 Å². The van der Waals surface area contributed by atoms with Crippen molar-refractivity contribution in [3.05, 3.63) is 95.4 Å². The average molecular weight is 425 g/mol. The lowest BCUT2D eigenvalue weighted by Gasteiger charge is -2.08. The van der Waals surface area contributed by atoms with Crippen LogP contribution in [0.15, 0.2) is 78.7 Å². The molecule has 0 radical (unpaired) electrons. The summed E-state index contributed by atoms with van der Waals surface area (Å²) in [5.41, 5.74) is 2.69. The summed E-state index contributed by atoms with van der Waals surface area (Å²) in [6.45, 7) is 0. The van der Waals surface area contributed by atoms with E-state index in [-0.39, 0.29) is 17.3 Å². The van der Waals surface area contributed by atoms with Gasteiger partial charge in [-0.15, -0.1) is 0 Å². The number of aryl methyl sites for hydroxylation is 1. The first kappa shape index (κ1) is 19.6. The number of benzene rings is 3. The van der Waals surface area contributed by atoms with Crippen molar-refractivity contribution in [2.45, 2.75) is 0 Å². The molecule has 0 saturated heterocycles. The fourth-order valence-electron chi connectivity index (χ4n) is 3.84. The van der Waals surface area contributed by atoms with Gasteiger partial charge in [0.2, 0.25) is 5.78 Å². The molecule has 0 atom stereocenters. The van der Waals surface area contributed by atoms with Crippen LogP contribution < -0.4 is 14.2 Å². The molecule has 0 spiro atoms. The maximum Gasteiger partial charge on any atom is 0.347 e. The van der Waals surface area contributed by atoms with E-state index in [1.54, 1.807) is 48.5 Å². The van der Waals surface area contributed by atoms with Crippen LogP contribution in [0.4, 0.5) is 0 Å². The lowest BCUT2D eigenvalue weighted by atomic mass is 10.1. The van der Waals surface area contributed by atoms with E-state index in [0.29, 0.717) is 22.6 Å². The van der Waals surface area contributed by atoms with Gasteiger partial charge in [-0.25, -0.2) is 4.79 Å². The second-order valence-electron chi connectivity index (χ2n) is 7.40. The molecule has 6 heteroatoms. The predicted octanol–water partition coefficient (Wildman–Crippen LogP) is 5.02. The predicted molar refractivity (Wildman–Crippen MR) is 120 cm³/mol. The third kappa shape index (κ3) is 3.32. The number of hydrogen-bond donors (Lipinski definition) is 0. The van der Waals surface area contributed by atoms with E-state index in [1.165, 1.54) is 7.11 Å². The molecule has 0 aliphatic carbocycles. The SMILES string of the molecule is COc1ccccc1C(=O)Oc1ccc2c(c1)OC(=Cc1cn(C)c3ccccc13)C2=O. The second kappa shape index (κ2) is 7.74. The van der Waals surface area contributed by atoms with Crippen LogP contribution in [-0.2, 0) is 7.05 Å². The first-order chi connectivity index (χ1) is 15.5. The maximum atomic E-state index is 12.9. The highest BCUT2D eigenvalue weighted by Gasteiger charge is 2.28. The fraction of sp³-hybridized carbons (Fsp3) is 0.0769. The standard InChI is InChI=1S/C26H19NO5/c1-27-15-16(18-7-3-5-9-21(18)27)13-24-25(28)19-12-11-17(14-23(19)32-24)31-26(29)20-8-4-6-10-22(20)30-2/h3-15H,1-2H3. The highest BCUT2D eigenvalue weighted by molar-refractivity contribution is 6.15. The second-order valence-corrected chi connectivity index (χ2v) is 7.40. The van der Waals surface area contributed by atoms with Gasteiger partial charge in [0.15, 0.2) is 5.76 Å². The van der Waals surface area contributed by atoms with Gasteiger partial charge in [0.1, 0.15) is 22.8 Å². The highest BCUT2D eigenvalue weighted by Crippen LogP contribution is 2.36. The number of Topliss-reactive ketones (excluding diaryl/α,β-unsaturated/α-hetero) is 1. The molecule has 1 aliphatic heterocycles. The Balaban J connectivity index is 1.42. The monoisotopic (exact) mass is 425 g/mol. The molecule has 5 rings (SSSR count). The summed E-state index contributed by atoms with van der Waals surface area (Å²) in [5.74, 6) is 0.509. The normalized spacial score (nSPS) is 13.8. The molecule has 3 aromatic carbocycles. The van der Waals surface area contributed by atoms with Crippen LogP contribution in [-0.4, -0.2) is 23.4 Å². The van der Waals surface area contributed by atoms with Crippen LogP contribution in [0.3, 0.4) is 0 Å². The van der Waals surface area contributed by atoms with Crippen molar-refractivity contribution in [2.75, 3.05) is 7.11 Å². The summed E-state index contributed by atoms with van der Waals surface area (Å²) in [7, 11) is 3.45. The van der Waals surface area contributed by atoms with Crippen LogP contribution in [0.2, 0.25) is 0 Å². The van der Waals surface area contributed by atoms with E-state index < -0.39 is 5.97 Å². The number of ketones is 1. The number of ether oxygens (including phenoxy) is 3. The van der Waals surface area contributed by atoms with Crippen LogP contribution in [0.1, 0.15) is 26.3 Å². The summed E-state index contributed by atoms with van der Waals surface area (Å²) in [6.07, 6.45) is 3.70. The number of allylic oxidation sites excluding steroid dienone is 1. The first-order valence-electron chi connectivity index (χ1n) is 10.0. The summed E-state index contributed by atoms with van der Waals surface area (Å²) in [5, 5.41) is 1.03. The molecule has 4 aromatic rings. The van der Waals surface area contributed by atoms with Crippen LogP contribution in [0.25, 0.3) is 17.0 Å². The van der Waals surface area contributed by atoms with Crippen molar-refractivity contribution in [1.29, 1.82) is 0 Å². The van der Waals surface area contributed by atoms with Gasteiger partial charge in [0.25, 0.3) is 0 Å². The Kier molecular flexibility index (Phi) is 4.75. The number of carbonyl (C=O) groups excluding carboxylic acids is 2. The van der Waals surface area contributed by atoms with Gasteiger partial charge in [-0.1, -0.05) is 30.3 Å². The largest absolute Gasteiger partial charge is 0.496 e. The van der Waals surface area contributed by atoms with E-state index in [1.807, 2.05) is 42.1 Å². The molecule has 2 heterocycles. The number of fused-ring (bicyclic) bond motifs is 2. The zero-order chi connectivity index (χ0) is 22.2. The zero-order valence-corrected chi connectivity index (χ0v) is 17.5. The summed E-state index contributed by atoms with van der Waals surface area (Å²) in [4.78, 5) is 25.4. The minimum Gasteiger partial charge on any atom is -0.496 e. The van der Waals surface area contributed by atoms with E-state index in [0.717, 1.165) is 16.5 Å². The third-order valence-electron chi connectivity index (χ3n) is 5.39. The van der Waals surface area contributed by atoms with E-state index in [2.05, 4.69) is 0 Å². The summed E-state index contributed by atoms with van der Waals surface area (Å²) < 4.78 is 18.5. The van der Waals surface area contributed by atoms with E-state index >= 15 is 0 Å². The summed E-state index contributed by atoms with van der Waals surface area (Å²) >= 11 is 0. The van der Waals surface area contributed by atoms with Crippen molar-refractivity contribution in [1.82, 2.24) is 4.57 Å². The number of rotatable bonds is 4. The number of hydrogen-bond acceptors (Lipinski definition) is 5. The Morgan fingerprint density at radius 2 is 1.81 bits per heavy atom. The molecule has 1 aromatic heterocycles. The number of para-hydroxylation sites is 2. The molecule has 1 aliphatic rings. The molecule has 6 nitrogen and oxygen atoms in total. The molecule has 0 bridgehead atoms. The average Bonchev–Trinajstić information content (AvgIpc) is 3.30. The Hall–Kier alpha value is -4.32. The molecule has 0 saturated carbocycles. The minimum atomic E-state index is -0.557. The molecular formula is C26H19NO5. The maximum absolute atomic E-state index is 12.9. The van der Waals surface area contributed by atoms with Crippen molar-refractivity contribution in [3.8, 4) is 17.2 Å². The number of nitrogens with zero attached hydrogens (tertiary/aromatic N) is 1. The molecule has 32 heavy (non-hydrogen) atoms. The lowest BCUT2D eigenvalue weighted by Crippen LogP contribution is -2.10. The molecule has 158 valence electrons. The van der Waals surface area contributed by atoms with Crippen molar-refractivity contribution >= 4 is 28.7 Å². The van der Waals surface area contributed by atoms with Crippen LogP contribution >= 0.6 is 0 Å². The Labute approximate surface area is 184 Å². The Morgan fingerprint density at radius 3 is 2.66 bits per heavy atom. The molecule has 0 fully saturated rings. The molecule has 0 unspecified atom stereocenters.